The largest absolute Gasteiger partial charge is 0.477 e. The van der Waals surface area contributed by atoms with E-state index in [2.05, 4.69) is 15.0 Å². The Morgan fingerprint density at radius 1 is 1.19 bits per heavy atom. The number of hydrogen-bond acceptors (Lipinski definition) is 5. The van der Waals surface area contributed by atoms with Crippen molar-refractivity contribution in [1.82, 2.24) is 19.9 Å². The maximum Gasteiger partial charge on any atom is 0.254 e. The lowest BCUT2D eigenvalue weighted by Crippen LogP contribution is -2.47. The zero-order chi connectivity index (χ0) is 21.8. The molecule has 160 valence electrons. The lowest BCUT2D eigenvalue weighted by Gasteiger charge is -2.38. The molecule has 0 saturated carbocycles. The Hall–Kier alpha value is -3.06. The predicted octanol–water partition coefficient (Wildman–Crippen LogP) is 4.65. The number of pyridine rings is 1. The molecule has 0 N–H and O–H groups in total. The van der Waals surface area contributed by atoms with Crippen LogP contribution in [-0.4, -0.2) is 45.0 Å². The highest BCUT2D eigenvalue weighted by Gasteiger charge is 2.31. The topological polar surface area (TPSA) is 68.2 Å². The molecule has 2 aromatic heterocycles. The summed E-state index contributed by atoms with van der Waals surface area (Å²) in [6, 6.07) is 9.81. The van der Waals surface area contributed by atoms with E-state index < -0.39 is 5.82 Å². The van der Waals surface area contributed by atoms with Crippen LogP contribution in [0.1, 0.15) is 30.1 Å². The highest BCUT2D eigenvalue weighted by Crippen LogP contribution is 2.29. The second-order valence-electron chi connectivity index (χ2n) is 7.64. The van der Waals surface area contributed by atoms with E-state index in [9.17, 15) is 9.18 Å². The van der Waals surface area contributed by atoms with Crippen LogP contribution in [0.4, 0.5) is 4.39 Å². The number of carbonyl (C=O) groups excluding carboxylic acids is 1. The molecule has 3 heterocycles. The van der Waals surface area contributed by atoms with Gasteiger partial charge in [0.2, 0.25) is 5.88 Å². The van der Waals surface area contributed by atoms with Gasteiger partial charge in [-0.05, 0) is 50.1 Å². The second-order valence-corrected chi connectivity index (χ2v) is 8.07. The van der Waals surface area contributed by atoms with Crippen molar-refractivity contribution in [2.24, 2.45) is 5.92 Å². The Morgan fingerprint density at radius 3 is 2.74 bits per heavy atom. The van der Waals surface area contributed by atoms with Gasteiger partial charge in [0, 0.05) is 47.6 Å². The van der Waals surface area contributed by atoms with Crippen LogP contribution in [0.3, 0.4) is 0 Å². The van der Waals surface area contributed by atoms with Gasteiger partial charge in [0.25, 0.3) is 5.91 Å². The summed E-state index contributed by atoms with van der Waals surface area (Å²) in [6.45, 7) is 2.99. The molecular formula is C23H22ClFN4O2. The van der Waals surface area contributed by atoms with Crippen LogP contribution in [-0.2, 0) is 0 Å². The van der Waals surface area contributed by atoms with Crippen molar-refractivity contribution in [3.63, 3.8) is 0 Å². The highest BCUT2D eigenvalue weighted by molar-refractivity contribution is 6.31. The van der Waals surface area contributed by atoms with Gasteiger partial charge in [-0.3, -0.25) is 4.79 Å². The van der Waals surface area contributed by atoms with E-state index >= 15 is 0 Å². The molecule has 1 aliphatic rings. The fourth-order valence-corrected chi connectivity index (χ4v) is 3.91. The summed E-state index contributed by atoms with van der Waals surface area (Å²) in [7, 11) is 0. The molecule has 3 aromatic rings. The predicted molar refractivity (Wildman–Crippen MR) is 115 cm³/mol. The number of hydrogen-bond donors (Lipinski definition) is 0. The Morgan fingerprint density at radius 2 is 2.00 bits per heavy atom. The monoisotopic (exact) mass is 440 g/mol. The van der Waals surface area contributed by atoms with Crippen LogP contribution in [0.25, 0.3) is 11.4 Å². The molecule has 0 spiro atoms. The molecule has 1 fully saturated rings. The first-order valence-corrected chi connectivity index (χ1v) is 10.5. The number of likely N-dealkylation sites (tertiary alicyclic amines) is 1. The van der Waals surface area contributed by atoms with Crippen molar-refractivity contribution in [1.29, 1.82) is 0 Å². The standard InChI is InChI=1S/C23H22ClFN4O2/c1-15-3-4-16(14-31-21-8-6-18(25)12-28-21)13-29(15)23(30)20-11-17(24)5-7-19(20)22-26-9-2-10-27-22/h2,5-12,15-16H,3-4,13-14H2,1H3/t15-,16-/m1/s1. The average molecular weight is 441 g/mol. The maximum absolute atomic E-state index is 13.5. The molecule has 2 atom stereocenters. The van der Waals surface area contributed by atoms with Gasteiger partial charge in [0.15, 0.2) is 5.82 Å². The lowest BCUT2D eigenvalue weighted by molar-refractivity contribution is 0.0503. The summed E-state index contributed by atoms with van der Waals surface area (Å²) < 4.78 is 18.8. The van der Waals surface area contributed by atoms with E-state index in [1.165, 1.54) is 12.1 Å². The van der Waals surface area contributed by atoms with E-state index in [-0.39, 0.29) is 17.9 Å². The van der Waals surface area contributed by atoms with Crippen LogP contribution < -0.4 is 4.74 Å². The Bertz CT molecular complexity index is 1050. The Kier molecular flexibility index (Phi) is 6.42. The Balaban J connectivity index is 1.52. The lowest BCUT2D eigenvalue weighted by atomic mass is 9.92. The molecule has 8 heteroatoms. The van der Waals surface area contributed by atoms with Crippen molar-refractivity contribution in [3.05, 3.63) is 71.4 Å². The first-order valence-electron chi connectivity index (χ1n) is 10.1. The summed E-state index contributed by atoms with van der Waals surface area (Å²) in [6.07, 6.45) is 6.20. The minimum atomic E-state index is -0.407. The van der Waals surface area contributed by atoms with Crippen molar-refractivity contribution in [3.8, 4) is 17.3 Å². The molecule has 0 bridgehead atoms. The van der Waals surface area contributed by atoms with Gasteiger partial charge in [-0.15, -0.1) is 0 Å². The van der Waals surface area contributed by atoms with E-state index in [1.807, 2.05) is 11.8 Å². The number of rotatable bonds is 5. The zero-order valence-electron chi connectivity index (χ0n) is 17.0. The third-order valence-electron chi connectivity index (χ3n) is 5.43. The smallest absolute Gasteiger partial charge is 0.254 e. The fourth-order valence-electron chi connectivity index (χ4n) is 3.73. The number of amides is 1. The summed E-state index contributed by atoms with van der Waals surface area (Å²) in [5.41, 5.74) is 1.13. The first kappa shape index (κ1) is 21.2. The SMILES string of the molecule is C[C@@H]1CC[C@@H](COc2ccc(F)cn2)CN1C(=O)c1cc(Cl)ccc1-c1ncccn1. The van der Waals surface area contributed by atoms with Crippen LogP contribution >= 0.6 is 11.6 Å². The van der Waals surface area contributed by atoms with Crippen molar-refractivity contribution >= 4 is 17.5 Å². The molecule has 0 aliphatic carbocycles. The summed E-state index contributed by atoms with van der Waals surface area (Å²) in [4.78, 5) is 27.9. The van der Waals surface area contributed by atoms with Crippen LogP contribution in [0.15, 0.2) is 55.0 Å². The number of ether oxygens (including phenoxy) is 1. The minimum Gasteiger partial charge on any atom is -0.477 e. The van der Waals surface area contributed by atoms with Gasteiger partial charge >= 0.3 is 0 Å². The molecule has 1 aliphatic heterocycles. The molecule has 1 amide bonds. The number of halogens is 2. The number of benzene rings is 1. The highest BCUT2D eigenvalue weighted by atomic mass is 35.5. The molecular weight excluding hydrogens is 419 g/mol. The van der Waals surface area contributed by atoms with Crippen molar-refractivity contribution in [2.45, 2.75) is 25.8 Å². The van der Waals surface area contributed by atoms with Crippen LogP contribution in [0.2, 0.25) is 5.02 Å². The van der Waals surface area contributed by atoms with Gasteiger partial charge in [0.05, 0.1) is 18.4 Å². The van der Waals surface area contributed by atoms with E-state index in [0.29, 0.717) is 41.0 Å². The number of piperidine rings is 1. The van der Waals surface area contributed by atoms with Gasteiger partial charge in [0.1, 0.15) is 5.82 Å². The zero-order valence-corrected chi connectivity index (χ0v) is 17.8. The minimum absolute atomic E-state index is 0.0798. The third kappa shape index (κ3) is 4.99. The Labute approximate surface area is 185 Å². The third-order valence-corrected chi connectivity index (χ3v) is 5.66. The van der Waals surface area contributed by atoms with Gasteiger partial charge < -0.3 is 9.64 Å². The summed E-state index contributed by atoms with van der Waals surface area (Å²) in [5.74, 6) is 0.478. The quantitative estimate of drug-likeness (QED) is 0.577. The molecule has 0 unspecified atom stereocenters. The molecule has 31 heavy (non-hydrogen) atoms. The molecule has 0 radical (unpaired) electrons. The fraction of sp³-hybridized carbons (Fsp3) is 0.304. The van der Waals surface area contributed by atoms with Crippen LogP contribution in [0, 0.1) is 11.7 Å². The van der Waals surface area contributed by atoms with E-state index in [1.54, 1.807) is 36.7 Å². The van der Waals surface area contributed by atoms with Crippen LogP contribution in [0.5, 0.6) is 5.88 Å². The van der Waals surface area contributed by atoms with Gasteiger partial charge in [-0.2, -0.15) is 0 Å². The van der Waals surface area contributed by atoms with Gasteiger partial charge in [-0.25, -0.2) is 19.3 Å². The van der Waals surface area contributed by atoms with Crippen molar-refractivity contribution < 1.29 is 13.9 Å². The van der Waals surface area contributed by atoms with E-state index in [0.717, 1.165) is 19.0 Å². The number of aromatic nitrogens is 3. The number of carbonyl (C=O) groups is 1. The number of nitrogens with zero attached hydrogens (tertiary/aromatic N) is 4. The van der Waals surface area contributed by atoms with E-state index in [4.69, 9.17) is 16.3 Å². The molecule has 1 aromatic carbocycles. The summed E-state index contributed by atoms with van der Waals surface area (Å²) in [5, 5.41) is 0.481. The molecule has 1 saturated heterocycles. The average Bonchev–Trinajstić information content (AvgIpc) is 2.79. The van der Waals surface area contributed by atoms with Gasteiger partial charge in [-0.1, -0.05) is 11.6 Å². The second kappa shape index (κ2) is 9.39. The normalized spacial score (nSPS) is 18.6. The van der Waals surface area contributed by atoms with Crippen molar-refractivity contribution in [2.75, 3.05) is 13.2 Å². The molecule has 6 nitrogen and oxygen atoms in total. The first-order chi connectivity index (χ1) is 15.0. The molecule has 4 rings (SSSR count). The summed E-state index contributed by atoms with van der Waals surface area (Å²) >= 11 is 6.22. The maximum atomic E-state index is 13.5.